The molecule has 1 aliphatic heterocycles. The molecule has 0 radical (unpaired) electrons. The standard InChI is InChI=1S/C15H25NO4/c1-2-13(20-11-7-3-4-8-11)14(17)16-10-6-5-9-12(16)15(18)19/h11-13H,2-10H2,1H3,(H,18,19)/t12-,13?/m1/s1. The minimum absolute atomic E-state index is 0.133. The number of amides is 1. The zero-order valence-corrected chi connectivity index (χ0v) is 12.2. The van der Waals surface area contributed by atoms with Crippen molar-refractivity contribution in [3.8, 4) is 0 Å². The number of hydrogen-bond donors (Lipinski definition) is 1. The van der Waals surface area contributed by atoms with Crippen LogP contribution in [0.5, 0.6) is 0 Å². The van der Waals surface area contributed by atoms with Gasteiger partial charge < -0.3 is 14.7 Å². The van der Waals surface area contributed by atoms with E-state index in [1.807, 2.05) is 6.92 Å². The topological polar surface area (TPSA) is 66.8 Å². The molecular formula is C15H25NO4. The zero-order chi connectivity index (χ0) is 14.5. The highest BCUT2D eigenvalue weighted by Crippen LogP contribution is 2.25. The Morgan fingerprint density at radius 2 is 1.85 bits per heavy atom. The number of carboxylic acids is 1. The summed E-state index contributed by atoms with van der Waals surface area (Å²) in [6, 6.07) is -0.669. The van der Waals surface area contributed by atoms with Crippen LogP contribution in [0.4, 0.5) is 0 Å². The maximum absolute atomic E-state index is 12.6. The Labute approximate surface area is 120 Å². The zero-order valence-electron chi connectivity index (χ0n) is 12.2. The summed E-state index contributed by atoms with van der Waals surface area (Å²) >= 11 is 0. The molecule has 0 aromatic carbocycles. The molecule has 1 saturated heterocycles. The number of carbonyl (C=O) groups is 2. The van der Waals surface area contributed by atoms with E-state index in [1.54, 1.807) is 0 Å². The van der Waals surface area contributed by atoms with Crippen molar-refractivity contribution in [2.45, 2.75) is 76.5 Å². The van der Waals surface area contributed by atoms with Crippen molar-refractivity contribution in [3.05, 3.63) is 0 Å². The molecule has 20 heavy (non-hydrogen) atoms. The Morgan fingerprint density at radius 1 is 1.20 bits per heavy atom. The van der Waals surface area contributed by atoms with Gasteiger partial charge in [0.05, 0.1) is 6.10 Å². The van der Waals surface area contributed by atoms with Crippen LogP contribution in [0.1, 0.15) is 58.3 Å². The molecule has 0 bridgehead atoms. The van der Waals surface area contributed by atoms with E-state index in [0.717, 1.165) is 38.5 Å². The molecule has 2 atom stereocenters. The SMILES string of the molecule is CCC(OC1CCCC1)C(=O)N1CCCC[C@@H]1C(=O)O. The molecule has 0 spiro atoms. The minimum Gasteiger partial charge on any atom is -0.480 e. The van der Waals surface area contributed by atoms with Crippen molar-refractivity contribution in [2.75, 3.05) is 6.54 Å². The second kappa shape index (κ2) is 7.07. The number of likely N-dealkylation sites (tertiary alicyclic amines) is 1. The molecule has 1 saturated carbocycles. The molecule has 5 nitrogen and oxygen atoms in total. The van der Waals surface area contributed by atoms with Gasteiger partial charge in [0.2, 0.25) is 0 Å². The van der Waals surface area contributed by atoms with Crippen LogP contribution in [0.25, 0.3) is 0 Å². The molecule has 1 amide bonds. The van der Waals surface area contributed by atoms with E-state index in [-0.39, 0.29) is 12.0 Å². The molecular weight excluding hydrogens is 258 g/mol. The van der Waals surface area contributed by atoms with Crippen molar-refractivity contribution < 1.29 is 19.4 Å². The fraction of sp³-hybridized carbons (Fsp3) is 0.867. The largest absolute Gasteiger partial charge is 0.480 e. The highest BCUT2D eigenvalue weighted by molar-refractivity contribution is 5.86. The van der Waals surface area contributed by atoms with E-state index >= 15 is 0 Å². The lowest BCUT2D eigenvalue weighted by Gasteiger charge is -2.35. The number of hydrogen-bond acceptors (Lipinski definition) is 3. The van der Waals surface area contributed by atoms with E-state index in [4.69, 9.17) is 4.74 Å². The predicted molar refractivity (Wildman–Crippen MR) is 74.4 cm³/mol. The number of carboxylic acid groups (broad SMARTS) is 1. The number of rotatable bonds is 5. The van der Waals surface area contributed by atoms with Gasteiger partial charge in [0, 0.05) is 6.54 Å². The van der Waals surface area contributed by atoms with E-state index in [2.05, 4.69) is 0 Å². The number of piperidine rings is 1. The van der Waals surface area contributed by atoms with Crippen LogP contribution < -0.4 is 0 Å². The van der Waals surface area contributed by atoms with Gasteiger partial charge in [-0.2, -0.15) is 0 Å². The van der Waals surface area contributed by atoms with Crippen LogP contribution in [0.15, 0.2) is 0 Å². The quantitative estimate of drug-likeness (QED) is 0.840. The molecule has 1 heterocycles. The molecule has 1 aliphatic carbocycles. The lowest BCUT2D eigenvalue weighted by Crippen LogP contribution is -2.52. The Hall–Kier alpha value is -1.10. The molecule has 1 N–H and O–H groups in total. The number of nitrogens with zero attached hydrogens (tertiary/aromatic N) is 1. The number of carbonyl (C=O) groups excluding carboxylic acids is 1. The Morgan fingerprint density at radius 3 is 2.45 bits per heavy atom. The van der Waals surface area contributed by atoms with Crippen molar-refractivity contribution in [2.24, 2.45) is 0 Å². The van der Waals surface area contributed by atoms with Gasteiger partial charge >= 0.3 is 5.97 Å². The summed E-state index contributed by atoms with van der Waals surface area (Å²) in [5.41, 5.74) is 0. The third kappa shape index (κ3) is 3.51. The highest BCUT2D eigenvalue weighted by atomic mass is 16.5. The maximum Gasteiger partial charge on any atom is 0.326 e. The van der Waals surface area contributed by atoms with Crippen LogP contribution in [-0.2, 0) is 14.3 Å². The summed E-state index contributed by atoms with van der Waals surface area (Å²) in [5.74, 6) is -1.03. The van der Waals surface area contributed by atoms with Crippen molar-refractivity contribution in [1.82, 2.24) is 4.90 Å². The van der Waals surface area contributed by atoms with Gasteiger partial charge in [0.25, 0.3) is 5.91 Å². The van der Waals surface area contributed by atoms with Crippen molar-refractivity contribution in [1.29, 1.82) is 0 Å². The van der Waals surface area contributed by atoms with Gasteiger partial charge in [-0.1, -0.05) is 19.8 Å². The monoisotopic (exact) mass is 283 g/mol. The fourth-order valence-corrected chi connectivity index (χ4v) is 3.22. The third-order valence-electron chi connectivity index (χ3n) is 4.38. The fourth-order valence-electron chi connectivity index (χ4n) is 3.22. The van der Waals surface area contributed by atoms with E-state index in [0.29, 0.717) is 19.4 Å². The second-order valence-corrected chi connectivity index (χ2v) is 5.82. The van der Waals surface area contributed by atoms with Crippen LogP contribution in [0.3, 0.4) is 0 Å². The summed E-state index contributed by atoms with van der Waals surface area (Å²) < 4.78 is 5.92. The Bertz CT molecular complexity index is 352. The van der Waals surface area contributed by atoms with Gasteiger partial charge in [0.15, 0.2) is 0 Å². The molecule has 5 heteroatoms. The van der Waals surface area contributed by atoms with Gasteiger partial charge in [-0.3, -0.25) is 4.79 Å². The van der Waals surface area contributed by atoms with Crippen LogP contribution in [0, 0.1) is 0 Å². The normalized spacial score (nSPS) is 25.6. The van der Waals surface area contributed by atoms with Crippen LogP contribution >= 0.6 is 0 Å². The van der Waals surface area contributed by atoms with Crippen molar-refractivity contribution in [3.63, 3.8) is 0 Å². The van der Waals surface area contributed by atoms with Crippen molar-refractivity contribution >= 4 is 11.9 Å². The first-order chi connectivity index (χ1) is 9.63. The van der Waals surface area contributed by atoms with Gasteiger partial charge in [-0.25, -0.2) is 4.79 Å². The summed E-state index contributed by atoms with van der Waals surface area (Å²) in [5, 5.41) is 9.26. The van der Waals surface area contributed by atoms with E-state index < -0.39 is 18.1 Å². The first-order valence-corrected chi connectivity index (χ1v) is 7.82. The molecule has 2 rings (SSSR count). The van der Waals surface area contributed by atoms with Gasteiger partial charge in [-0.15, -0.1) is 0 Å². The smallest absolute Gasteiger partial charge is 0.326 e. The summed E-state index contributed by atoms with van der Waals surface area (Å²) in [6.07, 6.45) is 7.00. The third-order valence-corrected chi connectivity index (χ3v) is 4.38. The van der Waals surface area contributed by atoms with Gasteiger partial charge in [-0.05, 0) is 38.5 Å². The average molecular weight is 283 g/mol. The first kappa shape index (κ1) is 15.3. The summed E-state index contributed by atoms with van der Waals surface area (Å²) in [6.45, 7) is 2.47. The first-order valence-electron chi connectivity index (χ1n) is 7.82. The Kier molecular flexibility index (Phi) is 5.40. The maximum atomic E-state index is 12.6. The van der Waals surface area contributed by atoms with E-state index in [1.165, 1.54) is 4.90 Å². The summed E-state index contributed by atoms with van der Waals surface area (Å²) in [7, 11) is 0. The molecule has 2 fully saturated rings. The molecule has 1 unspecified atom stereocenters. The van der Waals surface area contributed by atoms with Crippen LogP contribution in [-0.4, -0.2) is 46.7 Å². The predicted octanol–water partition coefficient (Wildman–Crippen LogP) is 2.19. The average Bonchev–Trinajstić information content (AvgIpc) is 2.97. The molecule has 2 aliphatic rings. The number of ether oxygens (including phenoxy) is 1. The van der Waals surface area contributed by atoms with Gasteiger partial charge in [0.1, 0.15) is 12.1 Å². The second-order valence-electron chi connectivity index (χ2n) is 5.82. The molecule has 0 aromatic heterocycles. The molecule has 0 aromatic rings. The van der Waals surface area contributed by atoms with Crippen LogP contribution in [0.2, 0.25) is 0 Å². The highest BCUT2D eigenvalue weighted by Gasteiger charge is 2.36. The molecule has 114 valence electrons. The lowest BCUT2D eigenvalue weighted by atomic mass is 10.0. The lowest BCUT2D eigenvalue weighted by molar-refractivity contribution is -0.160. The van der Waals surface area contributed by atoms with E-state index in [9.17, 15) is 14.7 Å². The number of aliphatic carboxylic acids is 1. The summed E-state index contributed by atoms with van der Waals surface area (Å²) in [4.78, 5) is 25.4. The Balaban J connectivity index is 1.99. The minimum atomic E-state index is -0.895.